The highest BCUT2D eigenvalue weighted by Gasteiger charge is 2.35. The number of alkyl halides is 3. The van der Waals surface area contributed by atoms with Gasteiger partial charge in [-0.2, -0.15) is 13.2 Å². The number of hydrogen-bond acceptors (Lipinski definition) is 1. The van der Waals surface area contributed by atoms with Crippen molar-refractivity contribution in [3.05, 3.63) is 40.8 Å². The first-order valence-corrected chi connectivity index (χ1v) is 4.78. The number of H-pyrrole nitrogens is 1. The quantitative estimate of drug-likeness (QED) is 0.820. The Bertz CT molecular complexity index is 649. The van der Waals surface area contributed by atoms with Gasteiger partial charge in [-0.25, -0.2) is 4.79 Å². The molecule has 3 nitrogen and oxygen atoms in total. The van der Waals surface area contributed by atoms with Crippen molar-refractivity contribution in [1.82, 2.24) is 9.55 Å². The second kappa shape index (κ2) is 3.51. The molecule has 0 bridgehead atoms. The summed E-state index contributed by atoms with van der Waals surface area (Å²) in [6.45, 7) is 4.66. The maximum Gasteiger partial charge on any atom is 0.431 e. The maximum atomic E-state index is 12.5. The highest BCUT2D eigenvalue weighted by molar-refractivity contribution is 5.80. The molecule has 90 valence electrons. The van der Waals surface area contributed by atoms with Gasteiger partial charge < -0.3 is 4.98 Å². The zero-order valence-electron chi connectivity index (χ0n) is 8.93. The lowest BCUT2D eigenvalue weighted by molar-refractivity contribution is -0.0733. The van der Waals surface area contributed by atoms with E-state index in [0.717, 1.165) is 5.56 Å². The van der Waals surface area contributed by atoms with Gasteiger partial charge in [-0.3, -0.25) is 4.57 Å². The number of halogens is 3. The molecule has 0 unspecified atom stereocenters. The van der Waals surface area contributed by atoms with Crippen LogP contribution in [0.25, 0.3) is 16.7 Å². The van der Waals surface area contributed by atoms with Gasteiger partial charge in [0.2, 0.25) is 0 Å². The molecule has 17 heavy (non-hydrogen) atoms. The van der Waals surface area contributed by atoms with Gasteiger partial charge in [0.25, 0.3) is 0 Å². The molecule has 0 saturated heterocycles. The summed E-state index contributed by atoms with van der Waals surface area (Å²) in [5.41, 5.74) is -0.740. The van der Waals surface area contributed by atoms with E-state index in [-0.39, 0.29) is 5.52 Å². The van der Waals surface area contributed by atoms with E-state index in [1.165, 1.54) is 6.07 Å². The number of aromatic amines is 1. The zero-order valence-corrected chi connectivity index (χ0v) is 8.93. The normalized spacial score (nSPS) is 12.0. The lowest BCUT2D eigenvalue weighted by atomic mass is 10.2. The van der Waals surface area contributed by atoms with Gasteiger partial charge in [-0.1, -0.05) is 12.6 Å². The van der Waals surface area contributed by atoms with Gasteiger partial charge in [-0.05, 0) is 24.6 Å². The van der Waals surface area contributed by atoms with Crippen LogP contribution in [0.1, 0.15) is 5.56 Å². The van der Waals surface area contributed by atoms with E-state index in [0.29, 0.717) is 10.1 Å². The largest absolute Gasteiger partial charge is 0.431 e. The van der Waals surface area contributed by atoms with E-state index in [1.54, 1.807) is 19.1 Å². The summed E-state index contributed by atoms with van der Waals surface area (Å²) in [4.78, 5) is 13.8. The fraction of sp³-hybridized carbons (Fsp3) is 0.182. The van der Waals surface area contributed by atoms with Crippen LogP contribution in [0, 0.1) is 6.92 Å². The average molecular weight is 242 g/mol. The van der Waals surface area contributed by atoms with Gasteiger partial charge in [0.05, 0.1) is 11.0 Å². The topological polar surface area (TPSA) is 37.8 Å². The molecule has 0 saturated carbocycles. The standard InChI is InChI=1S/C11H9F3N2O/c1-6-3-4-8-9(5-6)16(10(17)15-8)7(2)11(12,13)14/h3-5H,2H2,1H3,(H,15,17). The van der Waals surface area contributed by atoms with Crippen LogP contribution in [0.2, 0.25) is 0 Å². The minimum absolute atomic E-state index is 0.178. The van der Waals surface area contributed by atoms with Crippen LogP contribution < -0.4 is 5.69 Å². The minimum Gasteiger partial charge on any atom is -0.305 e. The Morgan fingerprint density at radius 1 is 1.41 bits per heavy atom. The molecule has 0 spiro atoms. The van der Waals surface area contributed by atoms with E-state index in [9.17, 15) is 18.0 Å². The molecule has 2 aromatic rings. The van der Waals surface area contributed by atoms with Crippen LogP contribution >= 0.6 is 0 Å². The SMILES string of the molecule is C=C(n1c(=O)[nH]c2ccc(C)cc21)C(F)(F)F. The van der Waals surface area contributed by atoms with Crippen molar-refractivity contribution in [2.24, 2.45) is 0 Å². The van der Waals surface area contributed by atoms with Gasteiger partial charge in [0.15, 0.2) is 0 Å². The van der Waals surface area contributed by atoms with Gasteiger partial charge >= 0.3 is 11.9 Å². The molecule has 1 heterocycles. The molecular formula is C11H9F3N2O. The fourth-order valence-corrected chi connectivity index (χ4v) is 1.61. The molecule has 0 fully saturated rings. The van der Waals surface area contributed by atoms with Crippen LogP contribution in [0.3, 0.4) is 0 Å². The number of imidazole rings is 1. The van der Waals surface area contributed by atoms with Crippen LogP contribution in [0.4, 0.5) is 13.2 Å². The van der Waals surface area contributed by atoms with Gasteiger partial charge in [-0.15, -0.1) is 0 Å². The zero-order chi connectivity index (χ0) is 12.8. The predicted octanol–water partition coefficient (Wildman–Crippen LogP) is 2.67. The Morgan fingerprint density at radius 3 is 2.65 bits per heavy atom. The summed E-state index contributed by atoms with van der Waals surface area (Å²) >= 11 is 0. The first-order chi connectivity index (χ1) is 7.80. The number of hydrogen-bond donors (Lipinski definition) is 1. The molecule has 0 aliphatic heterocycles. The Morgan fingerprint density at radius 2 is 2.06 bits per heavy atom. The third-order valence-corrected chi connectivity index (χ3v) is 2.44. The Labute approximate surface area is 94.2 Å². The molecule has 0 aliphatic rings. The molecule has 2 rings (SSSR count). The molecule has 0 aliphatic carbocycles. The van der Waals surface area contributed by atoms with Crippen molar-refractivity contribution in [2.75, 3.05) is 0 Å². The molecular weight excluding hydrogens is 233 g/mol. The van der Waals surface area contributed by atoms with Crippen LogP contribution in [0.5, 0.6) is 0 Å². The number of allylic oxidation sites excluding steroid dienone is 1. The number of aromatic nitrogens is 2. The number of nitrogens with one attached hydrogen (secondary N) is 1. The highest BCUT2D eigenvalue weighted by Crippen LogP contribution is 2.29. The minimum atomic E-state index is -4.64. The molecule has 0 radical (unpaired) electrons. The lowest BCUT2D eigenvalue weighted by Crippen LogP contribution is -2.24. The van der Waals surface area contributed by atoms with Crippen molar-refractivity contribution >= 4 is 16.7 Å². The Hall–Kier alpha value is -1.98. The van der Waals surface area contributed by atoms with Crippen molar-refractivity contribution in [3.63, 3.8) is 0 Å². The second-order valence-corrected chi connectivity index (χ2v) is 3.73. The van der Waals surface area contributed by atoms with Crippen molar-refractivity contribution in [3.8, 4) is 0 Å². The van der Waals surface area contributed by atoms with Crippen LogP contribution in [0.15, 0.2) is 29.6 Å². The highest BCUT2D eigenvalue weighted by atomic mass is 19.4. The summed E-state index contributed by atoms with van der Waals surface area (Å²) in [7, 11) is 0. The summed E-state index contributed by atoms with van der Waals surface area (Å²) in [6, 6.07) is 4.77. The lowest BCUT2D eigenvalue weighted by Gasteiger charge is -2.10. The summed E-state index contributed by atoms with van der Waals surface area (Å²) in [5, 5.41) is 0. The predicted molar refractivity (Wildman–Crippen MR) is 58.7 cm³/mol. The summed E-state index contributed by atoms with van der Waals surface area (Å²) in [5.74, 6) is 0. The molecule has 0 atom stereocenters. The monoisotopic (exact) mass is 242 g/mol. The number of fused-ring (bicyclic) bond motifs is 1. The van der Waals surface area contributed by atoms with Gasteiger partial charge in [0.1, 0.15) is 5.70 Å². The molecule has 0 amide bonds. The van der Waals surface area contributed by atoms with Crippen molar-refractivity contribution in [2.45, 2.75) is 13.1 Å². The molecule has 1 N–H and O–H groups in total. The first-order valence-electron chi connectivity index (χ1n) is 4.78. The summed E-state index contributed by atoms with van der Waals surface area (Å²) < 4.78 is 38.2. The van der Waals surface area contributed by atoms with Gasteiger partial charge in [0, 0.05) is 0 Å². The van der Waals surface area contributed by atoms with E-state index in [2.05, 4.69) is 11.6 Å². The van der Waals surface area contributed by atoms with E-state index in [4.69, 9.17) is 0 Å². The third kappa shape index (κ3) is 1.86. The van der Waals surface area contributed by atoms with Crippen LogP contribution in [-0.2, 0) is 0 Å². The first kappa shape index (κ1) is 11.5. The third-order valence-electron chi connectivity index (χ3n) is 2.44. The smallest absolute Gasteiger partial charge is 0.305 e. The van der Waals surface area contributed by atoms with Crippen LogP contribution in [-0.4, -0.2) is 15.7 Å². The number of aryl methyl sites for hydroxylation is 1. The van der Waals surface area contributed by atoms with E-state index >= 15 is 0 Å². The second-order valence-electron chi connectivity index (χ2n) is 3.73. The average Bonchev–Trinajstić information content (AvgIpc) is 2.51. The van der Waals surface area contributed by atoms with Crippen molar-refractivity contribution < 1.29 is 13.2 Å². The summed E-state index contributed by atoms with van der Waals surface area (Å²) in [6.07, 6.45) is -4.64. The van der Waals surface area contributed by atoms with E-state index in [1.807, 2.05) is 0 Å². The number of nitrogens with zero attached hydrogens (tertiary/aromatic N) is 1. The molecule has 1 aromatic heterocycles. The van der Waals surface area contributed by atoms with E-state index < -0.39 is 17.6 Å². The molecule has 1 aromatic carbocycles. The Kier molecular flexibility index (Phi) is 2.38. The van der Waals surface area contributed by atoms with Crippen molar-refractivity contribution in [1.29, 1.82) is 0 Å². The maximum absolute atomic E-state index is 12.5. The number of rotatable bonds is 1. The fourth-order valence-electron chi connectivity index (χ4n) is 1.61. The molecule has 6 heteroatoms. The number of benzene rings is 1. The Balaban J connectivity index is 2.77.